The molecule has 1 N–H and O–H groups in total. The molecule has 1 aliphatic carbocycles. The highest BCUT2D eigenvalue weighted by Gasteiger charge is 2.26. The van der Waals surface area contributed by atoms with E-state index in [9.17, 15) is 4.79 Å². The van der Waals surface area contributed by atoms with Gasteiger partial charge in [0.05, 0.1) is 15.9 Å². The van der Waals surface area contributed by atoms with Crippen molar-refractivity contribution in [2.45, 2.75) is 19.3 Å². The first-order valence-corrected chi connectivity index (χ1v) is 10.3. The Morgan fingerprint density at radius 2 is 2.04 bits per heavy atom. The lowest BCUT2D eigenvalue weighted by Gasteiger charge is -2.09. The molecule has 7 heteroatoms. The van der Waals surface area contributed by atoms with Crippen molar-refractivity contribution in [2.24, 2.45) is 0 Å². The molecule has 1 aliphatic rings. The number of para-hydroxylation sites is 1. The molecule has 2 aromatic heterocycles. The van der Waals surface area contributed by atoms with E-state index in [-0.39, 0.29) is 5.91 Å². The molecule has 0 radical (unpaired) electrons. The van der Waals surface area contributed by atoms with Crippen LogP contribution in [0.2, 0.25) is 0 Å². The third-order valence-corrected chi connectivity index (χ3v) is 6.19. The van der Waals surface area contributed by atoms with Crippen molar-refractivity contribution in [3.8, 4) is 5.13 Å². The molecule has 0 saturated heterocycles. The third-order valence-electron chi connectivity index (χ3n) is 4.69. The van der Waals surface area contributed by atoms with Gasteiger partial charge >= 0.3 is 0 Å². The maximum atomic E-state index is 12.8. The molecule has 5 nitrogen and oxygen atoms in total. The molecule has 27 heavy (non-hydrogen) atoms. The number of rotatable bonds is 3. The van der Waals surface area contributed by atoms with Crippen LogP contribution in [0.3, 0.4) is 0 Å². The van der Waals surface area contributed by atoms with E-state index in [0.717, 1.165) is 56.2 Å². The van der Waals surface area contributed by atoms with Gasteiger partial charge in [-0.25, -0.2) is 4.98 Å². The third kappa shape index (κ3) is 2.96. The van der Waals surface area contributed by atoms with Crippen molar-refractivity contribution in [3.63, 3.8) is 0 Å². The molecule has 0 atom stereocenters. The lowest BCUT2D eigenvalue weighted by molar-refractivity contribution is 0.102. The molecule has 0 aliphatic heterocycles. The van der Waals surface area contributed by atoms with Gasteiger partial charge in [-0.3, -0.25) is 4.79 Å². The Kier molecular flexibility index (Phi) is 4.06. The maximum Gasteiger partial charge on any atom is 0.256 e. The van der Waals surface area contributed by atoms with Gasteiger partial charge in [0.2, 0.25) is 5.13 Å². The van der Waals surface area contributed by atoms with Crippen LogP contribution >= 0.6 is 27.3 Å². The van der Waals surface area contributed by atoms with Crippen LogP contribution in [0.15, 0.2) is 53.0 Å². The molecule has 5 rings (SSSR count). The summed E-state index contributed by atoms with van der Waals surface area (Å²) in [6.45, 7) is 0. The van der Waals surface area contributed by atoms with Crippen LogP contribution in [0.1, 0.15) is 28.0 Å². The summed E-state index contributed by atoms with van der Waals surface area (Å²) in [7, 11) is 0. The summed E-state index contributed by atoms with van der Waals surface area (Å²) in [6, 6.07) is 15.4. The number of hydrogen-bond donors (Lipinski definition) is 1. The van der Waals surface area contributed by atoms with Gasteiger partial charge in [0.25, 0.3) is 5.91 Å². The van der Waals surface area contributed by atoms with Gasteiger partial charge in [-0.1, -0.05) is 45.5 Å². The molecular weight excluding hydrogens is 424 g/mol. The van der Waals surface area contributed by atoms with E-state index in [1.807, 2.05) is 42.5 Å². The van der Waals surface area contributed by atoms with Gasteiger partial charge in [0.15, 0.2) is 0 Å². The maximum absolute atomic E-state index is 12.8. The normalized spacial score (nSPS) is 13.1. The number of carbonyl (C=O) groups is 1. The molecule has 0 saturated carbocycles. The van der Waals surface area contributed by atoms with E-state index in [2.05, 4.69) is 21.2 Å². The van der Waals surface area contributed by atoms with Crippen LogP contribution in [-0.2, 0) is 12.8 Å². The molecule has 134 valence electrons. The monoisotopic (exact) mass is 438 g/mol. The molecule has 0 spiro atoms. The van der Waals surface area contributed by atoms with E-state index < -0.39 is 0 Å². The van der Waals surface area contributed by atoms with E-state index in [1.165, 1.54) is 0 Å². The molecule has 0 unspecified atom stereocenters. The predicted molar refractivity (Wildman–Crippen MR) is 111 cm³/mol. The molecule has 4 aromatic rings. The predicted octanol–water partition coefficient (Wildman–Crippen LogP) is 4.99. The van der Waals surface area contributed by atoms with Gasteiger partial charge < -0.3 is 5.32 Å². The summed E-state index contributed by atoms with van der Waals surface area (Å²) in [5.41, 5.74) is 3.72. The van der Waals surface area contributed by atoms with Crippen molar-refractivity contribution < 1.29 is 4.79 Å². The van der Waals surface area contributed by atoms with Gasteiger partial charge in [-0.05, 0) is 49.6 Å². The van der Waals surface area contributed by atoms with Crippen molar-refractivity contribution in [1.29, 1.82) is 0 Å². The summed E-state index contributed by atoms with van der Waals surface area (Å²) < 4.78 is 3.78. The number of nitrogens with zero attached hydrogens (tertiary/aromatic N) is 3. The second-order valence-electron chi connectivity index (χ2n) is 6.47. The number of benzene rings is 2. The van der Waals surface area contributed by atoms with Crippen molar-refractivity contribution in [2.75, 3.05) is 5.32 Å². The van der Waals surface area contributed by atoms with Gasteiger partial charge in [-0.15, -0.1) is 0 Å². The Morgan fingerprint density at radius 3 is 2.89 bits per heavy atom. The largest absolute Gasteiger partial charge is 0.306 e. The highest BCUT2D eigenvalue weighted by molar-refractivity contribution is 9.10. The van der Waals surface area contributed by atoms with Gasteiger partial charge in [0.1, 0.15) is 5.82 Å². The summed E-state index contributed by atoms with van der Waals surface area (Å²) in [5, 5.41) is 8.62. The highest BCUT2D eigenvalue weighted by atomic mass is 79.9. The molecule has 0 bridgehead atoms. The quantitative estimate of drug-likeness (QED) is 0.490. The minimum atomic E-state index is -0.145. The topological polar surface area (TPSA) is 59.8 Å². The Hall–Kier alpha value is -2.51. The average Bonchev–Trinajstić information content (AvgIpc) is 3.36. The zero-order valence-electron chi connectivity index (χ0n) is 14.3. The zero-order valence-corrected chi connectivity index (χ0v) is 16.7. The molecule has 0 fully saturated rings. The minimum Gasteiger partial charge on any atom is -0.306 e. The van der Waals surface area contributed by atoms with Crippen LogP contribution in [0.25, 0.3) is 15.3 Å². The molecular formula is C20H15BrN4OS. The first kappa shape index (κ1) is 16.6. The number of anilines is 1. The van der Waals surface area contributed by atoms with Crippen molar-refractivity contribution >= 4 is 49.2 Å². The number of carbonyl (C=O) groups excluding carboxylic acids is 1. The SMILES string of the molecule is O=C(Nc1c2c(nn1-c1nc3ccccc3s1)CCC2)c1cccc(Br)c1. The van der Waals surface area contributed by atoms with E-state index in [0.29, 0.717) is 5.56 Å². The standard InChI is InChI=1S/C20H15BrN4OS/c21-13-6-3-5-12(11-13)19(26)23-18-14-7-4-9-15(14)24-25(18)20-22-16-8-1-2-10-17(16)27-20/h1-3,5-6,8,10-11H,4,7,9H2,(H,23,26). The van der Waals surface area contributed by atoms with Crippen LogP contribution in [0.5, 0.6) is 0 Å². The number of hydrogen-bond acceptors (Lipinski definition) is 4. The first-order valence-electron chi connectivity index (χ1n) is 8.73. The summed E-state index contributed by atoms with van der Waals surface area (Å²) in [6.07, 6.45) is 2.93. The Balaban J connectivity index is 1.58. The van der Waals surface area contributed by atoms with Gasteiger partial charge in [0, 0.05) is 15.6 Å². The van der Waals surface area contributed by atoms with Crippen LogP contribution in [-0.4, -0.2) is 20.7 Å². The van der Waals surface area contributed by atoms with E-state index in [4.69, 9.17) is 10.1 Å². The molecule has 2 heterocycles. The number of halogens is 1. The zero-order chi connectivity index (χ0) is 18.4. The number of aryl methyl sites for hydroxylation is 1. The fourth-order valence-corrected chi connectivity index (χ4v) is 4.74. The minimum absolute atomic E-state index is 0.145. The number of nitrogens with one attached hydrogen (secondary N) is 1. The van der Waals surface area contributed by atoms with Crippen LogP contribution in [0, 0.1) is 0 Å². The van der Waals surface area contributed by atoms with Crippen LogP contribution in [0.4, 0.5) is 5.82 Å². The fourth-order valence-electron chi connectivity index (χ4n) is 3.42. The molecule has 1 amide bonds. The van der Waals surface area contributed by atoms with Gasteiger partial charge in [-0.2, -0.15) is 9.78 Å². The average molecular weight is 439 g/mol. The van der Waals surface area contributed by atoms with Crippen molar-refractivity contribution in [1.82, 2.24) is 14.8 Å². The number of thiazole rings is 1. The summed E-state index contributed by atoms with van der Waals surface area (Å²) in [4.78, 5) is 17.5. The number of aromatic nitrogens is 3. The second kappa shape index (κ2) is 6.58. The Labute approximate surface area is 168 Å². The molecule has 2 aromatic carbocycles. The van der Waals surface area contributed by atoms with Crippen LogP contribution < -0.4 is 5.32 Å². The first-order chi connectivity index (χ1) is 13.2. The van der Waals surface area contributed by atoms with E-state index >= 15 is 0 Å². The Bertz CT molecular complexity index is 1150. The lowest BCUT2D eigenvalue weighted by atomic mass is 10.2. The lowest BCUT2D eigenvalue weighted by Crippen LogP contribution is -2.16. The number of fused-ring (bicyclic) bond motifs is 2. The Morgan fingerprint density at radius 1 is 1.15 bits per heavy atom. The summed E-state index contributed by atoms with van der Waals surface area (Å²) in [5.74, 6) is 0.597. The fraction of sp³-hybridized carbons (Fsp3) is 0.150. The van der Waals surface area contributed by atoms with Crippen molar-refractivity contribution in [3.05, 3.63) is 69.8 Å². The second-order valence-corrected chi connectivity index (χ2v) is 8.39. The smallest absolute Gasteiger partial charge is 0.256 e. The summed E-state index contributed by atoms with van der Waals surface area (Å²) >= 11 is 5.00. The number of amides is 1. The van der Waals surface area contributed by atoms with E-state index in [1.54, 1.807) is 22.1 Å². The highest BCUT2D eigenvalue weighted by Crippen LogP contribution is 2.34.